The van der Waals surface area contributed by atoms with Crippen LogP contribution in [0.1, 0.15) is 28.4 Å². The van der Waals surface area contributed by atoms with Crippen LogP contribution >= 0.6 is 0 Å². The van der Waals surface area contributed by atoms with E-state index in [4.69, 9.17) is 9.47 Å². The average Bonchev–Trinajstić information content (AvgIpc) is 2.82. The predicted octanol–water partition coefficient (Wildman–Crippen LogP) is 3.70. The Bertz CT molecular complexity index is 1160. The Morgan fingerprint density at radius 1 is 0.909 bits per heavy atom. The fraction of sp³-hybridized carbons (Fsp3) is 0.120. The smallest absolute Gasteiger partial charge is 0.343 e. The molecule has 0 saturated carbocycles. The normalized spacial score (nSPS) is 10.5. The molecule has 2 N–H and O–H groups in total. The summed E-state index contributed by atoms with van der Waals surface area (Å²) in [6.07, 6.45) is 1.37. The highest BCUT2D eigenvalue weighted by atomic mass is 16.5. The summed E-state index contributed by atoms with van der Waals surface area (Å²) >= 11 is 0. The SMILES string of the molecule is CCOc1ccccc1NC(=O)C(=O)N/N=C/c1ccc(OC(=O)c2ccc(C)cc2)cc1. The number of hydrazone groups is 1. The minimum atomic E-state index is -0.929. The minimum Gasteiger partial charge on any atom is -0.492 e. The molecule has 0 aliphatic rings. The van der Waals surface area contributed by atoms with Crippen molar-refractivity contribution in [3.8, 4) is 11.5 Å². The summed E-state index contributed by atoms with van der Waals surface area (Å²) in [5.74, 6) is -1.43. The van der Waals surface area contributed by atoms with Crippen molar-refractivity contribution in [3.05, 3.63) is 89.5 Å². The maximum Gasteiger partial charge on any atom is 0.343 e. The predicted molar refractivity (Wildman–Crippen MR) is 125 cm³/mol. The summed E-state index contributed by atoms with van der Waals surface area (Å²) in [5.41, 5.74) is 4.69. The fourth-order valence-electron chi connectivity index (χ4n) is 2.72. The first-order valence-electron chi connectivity index (χ1n) is 10.2. The summed E-state index contributed by atoms with van der Waals surface area (Å²) in [6.45, 7) is 4.18. The van der Waals surface area contributed by atoms with E-state index in [0.717, 1.165) is 5.56 Å². The first-order valence-corrected chi connectivity index (χ1v) is 10.2. The number of amides is 2. The molecule has 33 heavy (non-hydrogen) atoms. The highest BCUT2D eigenvalue weighted by Gasteiger charge is 2.15. The molecule has 3 aromatic rings. The van der Waals surface area contributed by atoms with Gasteiger partial charge in [-0.25, -0.2) is 10.2 Å². The molecule has 0 aliphatic heterocycles. The molecule has 0 radical (unpaired) electrons. The number of benzene rings is 3. The van der Waals surface area contributed by atoms with E-state index in [1.807, 2.05) is 26.0 Å². The van der Waals surface area contributed by atoms with E-state index in [1.54, 1.807) is 60.7 Å². The van der Waals surface area contributed by atoms with Crippen molar-refractivity contribution in [2.75, 3.05) is 11.9 Å². The molecule has 0 unspecified atom stereocenters. The lowest BCUT2D eigenvalue weighted by Crippen LogP contribution is -2.32. The number of anilines is 1. The molecule has 3 rings (SSSR count). The van der Waals surface area contributed by atoms with Crippen molar-refractivity contribution in [2.24, 2.45) is 5.10 Å². The van der Waals surface area contributed by atoms with Crippen LogP contribution < -0.4 is 20.2 Å². The quantitative estimate of drug-likeness (QED) is 0.190. The molecule has 3 aromatic carbocycles. The third-order valence-corrected chi connectivity index (χ3v) is 4.40. The number of esters is 1. The van der Waals surface area contributed by atoms with Gasteiger partial charge in [-0.1, -0.05) is 29.8 Å². The molecule has 0 saturated heterocycles. The molecule has 0 bridgehead atoms. The van der Waals surface area contributed by atoms with Gasteiger partial charge in [0.2, 0.25) is 0 Å². The van der Waals surface area contributed by atoms with Crippen molar-refractivity contribution in [1.82, 2.24) is 5.43 Å². The van der Waals surface area contributed by atoms with Crippen LogP contribution in [0.15, 0.2) is 77.9 Å². The number of para-hydroxylation sites is 2. The van der Waals surface area contributed by atoms with Crippen molar-refractivity contribution < 1.29 is 23.9 Å². The first kappa shape index (κ1) is 23.2. The second-order valence-electron chi connectivity index (χ2n) is 6.91. The topological polar surface area (TPSA) is 106 Å². The highest BCUT2D eigenvalue weighted by molar-refractivity contribution is 6.39. The van der Waals surface area contributed by atoms with Crippen LogP contribution in [-0.2, 0) is 9.59 Å². The molecule has 8 nitrogen and oxygen atoms in total. The zero-order chi connectivity index (χ0) is 23.6. The van der Waals surface area contributed by atoms with Gasteiger partial charge >= 0.3 is 17.8 Å². The van der Waals surface area contributed by atoms with E-state index in [9.17, 15) is 14.4 Å². The first-order chi connectivity index (χ1) is 16.0. The van der Waals surface area contributed by atoms with E-state index >= 15 is 0 Å². The molecule has 0 atom stereocenters. The second-order valence-corrected chi connectivity index (χ2v) is 6.91. The van der Waals surface area contributed by atoms with Crippen LogP contribution in [0.5, 0.6) is 11.5 Å². The molecule has 2 amide bonds. The molecular weight excluding hydrogens is 422 g/mol. The second kappa shape index (κ2) is 11.2. The lowest BCUT2D eigenvalue weighted by molar-refractivity contribution is -0.136. The number of carbonyl (C=O) groups excluding carboxylic acids is 3. The molecule has 0 fully saturated rings. The number of rotatable bonds is 7. The van der Waals surface area contributed by atoms with Crippen LogP contribution in [0.4, 0.5) is 5.69 Å². The van der Waals surface area contributed by atoms with Gasteiger partial charge in [0.05, 0.1) is 24.1 Å². The largest absolute Gasteiger partial charge is 0.492 e. The van der Waals surface area contributed by atoms with Crippen molar-refractivity contribution >= 4 is 29.7 Å². The van der Waals surface area contributed by atoms with Crippen LogP contribution in [-0.4, -0.2) is 30.6 Å². The number of ether oxygens (including phenoxy) is 2. The molecule has 168 valence electrons. The lowest BCUT2D eigenvalue weighted by atomic mass is 10.1. The monoisotopic (exact) mass is 445 g/mol. The van der Waals surface area contributed by atoms with Gasteiger partial charge in [-0.05, 0) is 67.9 Å². The maximum atomic E-state index is 12.2. The summed E-state index contributed by atoms with van der Waals surface area (Å²) in [5, 5.41) is 6.27. The van der Waals surface area contributed by atoms with Gasteiger partial charge in [-0.2, -0.15) is 5.10 Å². The summed E-state index contributed by atoms with van der Waals surface area (Å²) in [4.78, 5) is 36.3. The maximum absolute atomic E-state index is 12.2. The van der Waals surface area contributed by atoms with E-state index in [0.29, 0.717) is 34.9 Å². The highest BCUT2D eigenvalue weighted by Crippen LogP contribution is 2.23. The number of hydrogen-bond acceptors (Lipinski definition) is 6. The van der Waals surface area contributed by atoms with Crippen molar-refractivity contribution in [3.63, 3.8) is 0 Å². The van der Waals surface area contributed by atoms with E-state index < -0.39 is 17.8 Å². The van der Waals surface area contributed by atoms with Gasteiger partial charge in [-0.3, -0.25) is 9.59 Å². The third kappa shape index (κ3) is 6.76. The number of carbonyl (C=O) groups is 3. The molecule has 0 spiro atoms. The Labute approximate surface area is 191 Å². The van der Waals surface area contributed by atoms with Gasteiger partial charge in [0.1, 0.15) is 11.5 Å². The molecule has 0 aliphatic carbocycles. The number of hydrogen-bond donors (Lipinski definition) is 2. The summed E-state index contributed by atoms with van der Waals surface area (Å²) in [6, 6.07) is 20.4. The molecule has 8 heteroatoms. The zero-order valence-electron chi connectivity index (χ0n) is 18.2. The number of aryl methyl sites for hydroxylation is 1. The Balaban J connectivity index is 1.51. The van der Waals surface area contributed by atoms with Crippen molar-refractivity contribution in [2.45, 2.75) is 13.8 Å². The molecule has 0 heterocycles. The standard InChI is InChI=1S/C25H23N3O5/c1-3-32-22-7-5-4-6-21(22)27-23(29)24(30)28-26-16-18-10-14-20(15-11-18)33-25(31)19-12-8-17(2)9-13-19/h4-16H,3H2,1-2H3,(H,27,29)(H,28,30)/b26-16+. The Morgan fingerprint density at radius 3 is 2.30 bits per heavy atom. The summed E-state index contributed by atoms with van der Waals surface area (Å²) < 4.78 is 10.7. The van der Waals surface area contributed by atoms with E-state index in [1.165, 1.54) is 6.21 Å². The van der Waals surface area contributed by atoms with Crippen LogP contribution in [0.25, 0.3) is 0 Å². The van der Waals surface area contributed by atoms with E-state index in [-0.39, 0.29) is 0 Å². The number of nitrogens with one attached hydrogen (secondary N) is 2. The van der Waals surface area contributed by atoms with Crippen molar-refractivity contribution in [1.29, 1.82) is 0 Å². The Morgan fingerprint density at radius 2 is 1.61 bits per heavy atom. The van der Waals surface area contributed by atoms with Crippen LogP contribution in [0.3, 0.4) is 0 Å². The fourth-order valence-corrected chi connectivity index (χ4v) is 2.72. The van der Waals surface area contributed by atoms with E-state index in [2.05, 4.69) is 15.8 Å². The zero-order valence-corrected chi connectivity index (χ0v) is 18.2. The van der Waals surface area contributed by atoms with Crippen LogP contribution in [0.2, 0.25) is 0 Å². The van der Waals surface area contributed by atoms with Gasteiger partial charge in [0.25, 0.3) is 0 Å². The average molecular weight is 445 g/mol. The molecular formula is C25H23N3O5. The van der Waals surface area contributed by atoms with Crippen LogP contribution in [0, 0.1) is 6.92 Å². The number of nitrogens with zero attached hydrogens (tertiary/aromatic N) is 1. The Hall–Kier alpha value is -4.46. The lowest BCUT2D eigenvalue weighted by Gasteiger charge is -2.10. The Kier molecular flexibility index (Phi) is 7.91. The molecule has 0 aromatic heterocycles. The van der Waals surface area contributed by atoms with Gasteiger partial charge in [0.15, 0.2) is 0 Å². The summed E-state index contributed by atoms with van der Waals surface area (Å²) in [7, 11) is 0. The van der Waals surface area contributed by atoms with Gasteiger partial charge in [-0.15, -0.1) is 0 Å². The third-order valence-electron chi connectivity index (χ3n) is 4.40. The minimum absolute atomic E-state index is 0.370. The van der Waals surface area contributed by atoms with Gasteiger partial charge < -0.3 is 14.8 Å². The van der Waals surface area contributed by atoms with Gasteiger partial charge in [0, 0.05) is 0 Å².